The maximum Gasteiger partial charge on any atom is 0.410 e. The molecule has 0 saturated carbocycles. The van der Waals surface area contributed by atoms with Crippen molar-refractivity contribution >= 4 is 31.7 Å². The van der Waals surface area contributed by atoms with Gasteiger partial charge in [0.2, 0.25) is 5.91 Å². The van der Waals surface area contributed by atoms with Crippen molar-refractivity contribution in [2.45, 2.75) is 51.5 Å². The first-order chi connectivity index (χ1) is 21.4. The Labute approximate surface area is 267 Å². The van der Waals surface area contributed by atoms with Gasteiger partial charge in [-0.15, -0.1) is 0 Å². The second-order valence-electron chi connectivity index (χ2n) is 12.6. The molecule has 3 aromatic rings. The number of rotatable bonds is 10. The van der Waals surface area contributed by atoms with Gasteiger partial charge in [-0.25, -0.2) is 9.79 Å². The van der Waals surface area contributed by atoms with Crippen LogP contribution in [0, 0.1) is 11.3 Å². The highest BCUT2D eigenvalue weighted by Gasteiger charge is 2.41. The number of carbonyl (C=O) groups excluding carboxylic acids is 2. The van der Waals surface area contributed by atoms with E-state index in [4.69, 9.17) is 14.2 Å². The zero-order valence-corrected chi connectivity index (χ0v) is 27.8. The summed E-state index contributed by atoms with van der Waals surface area (Å²) in [7, 11) is -2.15. The second kappa shape index (κ2) is 14.5. The number of hydrogen-bond donors (Lipinski definition) is 0. The van der Waals surface area contributed by atoms with Crippen LogP contribution in [0.3, 0.4) is 0 Å². The highest BCUT2D eigenvalue weighted by molar-refractivity contribution is 6.74. The zero-order valence-electron chi connectivity index (χ0n) is 26.8. The third kappa shape index (κ3) is 8.35. The molecule has 0 N–H and O–H groups in total. The molecule has 1 aliphatic heterocycles. The van der Waals surface area contributed by atoms with Gasteiger partial charge in [-0.3, -0.25) is 9.69 Å². The van der Waals surface area contributed by atoms with Gasteiger partial charge in [0.15, 0.2) is 8.32 Å². The SMILES string of the molecule is C=CCOC(=O)N1CC(=O)N(Cc2ccc(C#N)c(N=C(c3ccccc3)c3ccccc3)c2)[C@@H](CO[Si](C)(C)C(C)(C)C)C1. The molecule has 0 radical (unpaired) electrons. The molecule has 1 saturated heterocycles. The summed E-state index contributed by atoms with van der Waals surface area (Å²) in [6.45, 7) is 15.3. The fourth-order valence-electron chi connectivity index (χ4n) is 4.78. The molecular formula is C36H42N4O4Si. The van der Waals surface area contributed by atoms with Crippen LogP contribution in [0.5, 0.6) is 0 Å². The van der Waals surface area contributed by atoms with Gasteiger partial charge < -0.3 is 14.1 Å². The van der Waals surface area contributed by atoms with Crippen LogP contribution in [0.15, 0.2) is 96.5 Å². The molecular weight excluding hydrogens is 581 g/mol. The largest absolute Gasteiger partial charge is 0.445 e. The minimum Gasteiger partial charge on any atom is -0.445 e. The minimum absolute atomic E-state index is 0.0195. The number of nitriles is 1. The molecule has 1 heterocycles. The number of carbonyl (C=O) groups is 2. The maximum absolute atomic E-state index is 13.6. The summed E-state index contributed by atoms with van der Waals surface area (Å²) in [5.74, 6) is -0.204. The molecule has 0 spiro atoms. The Bertz CT molecular complexity index is 1530. The van der Waals surface area contributed by atoms with Crippen LogP contribution in [0.2, 0.25) is 18.1 Å². The lowest BCUT2D eigenvalue weighted by atomic mass is 10.0. The molecule has 1 fully saturated rings. The standard InChI is InChI=1S/C36H42N4O4Si/c1-7-20-43-35(42)39-24-31(26-44-45(5,6)36(2,3)4)40(33(41)25-39)23-27-18-19-30(22-37)32(21-27)38-34(28-14-10-8-11-15-28)29-16-12-9-13-17-29/h7-19,21,31H,1,20,23-26H2,2-6H3/t31-/m1/s1. The third-order valence-electron chi connectivity index (χ3n) is 8.41. The van der Waals surface area contributed by atoms with Crippen LogP contribution in [-0.2, 0) is 20.5 Å². The predicted molar refractivity (Wildman–Crippen MR) is 180 cm³/mol. The number of ether oxygens (including phenoxy) is 1. The fraction of sp³-hybridized carbons (Fsp3) is 0.333. The van der Waals surface area contributed by atoms with Crippen molar-refractivity contribution < 1.29 is 18.8 Å². The van der Waals surface area contributed by atoms with Gasteiger partial charge in [-0.1, -0.05) is 100 Å². The molecule has 8 nitrogen and oxygen atoms in total. The molecule has 4 rings (SSSR count). The normalized spacial score (nSPS) is 15.3. The molecule has 2 amide bonds. The van der Waals surface area contributed by atoms with E-state index in [9.17, 15) is 14.9 Å². The van der Waals surface area contributed by atoms with Crippen molar-refractivity contribution in [3.05, 3.63) is 114 Å². The van der Waals surface area contributed by atoms with Gasteiger partial charge >= 0.3 is 6.09 Å². The molecule has 9 heteroatoms. The van der Waals surface area contributed by atoms with Gasteiger partial charge in [-0.2, -0.15) is 5.26 Å². The molecule has 1 atom stereocenters. The van der Waals surface area contributed by atoms with E-state index < -0.39 is 14.4 Å². The summed E-state index contributed by atoms with van der Waals surface area (Å²) in [5, 5.41) is 9.95. The summed E-state index contributed by atoms with van der Waals surface area (Å²) < 4.78 is 11.8. The number of hydrogen-bond acceptors (Lipinski definition) is 6. The summed E-state index contributed by atoms with van der Waals surface area (Å²) in [4.78, 5) is 34.6. The maximum atomic E-state index is 13.6. The molecule has 234 valence electrons. The lowest BCUT2D eigenvalue weighted by Crippen LogP contribution is -2.60. The first-order valence-electron chi connectivity index (χ1n) is 15.1. The smallest absolute Gasteiger partial charge is 0.410 e. The highest BCUT2D eigenvalue weighted by Crippen LogP contribution is 2.37. The van der Waals surface area contributed by atoms with Gasteiger partial charge in [0.25, 0.3) is 0 Å². The average molecular weight is 623 g/mol. The van der Waals surface area contributed by atoms with Gasteiger partial charge in [0.05, 0.1) is 29.6 Å². The van der Waals surface area contributed by atoms with E-state index in [1.807, 2.05) is 72.8 Å². The first kappa shape index (κ1) is 33.4. The number of amides is 2. The van der Waals surface area contributed by atoms with E-state index in [0.717, 1.165) is 22.4 Å². The lowest BCUT2D eigenvalue weighted by Gasteiger charge is -2.43. The van der Waals surface area contributed by atoms with Crippen LogP contribution in [0.25, 0.3) is 0 Å². The van der Waals surface area contributed by atoms with Crippen molar-refractivity contribution in [2.75, 3.05) is 26.3 Å². The fourth-order valence-corrected chi connectivity index (χ4v) is 5.83. The molecule has 45 heavy (non-hydrogen) atoms. The van der Waals surface area contributed by atoms with Crippen molar-refractivity contribution in [3.8, 4) is 6.07 Å². The summed E-state index contributed by atoms with van der Waals surface area (Å²) in [5.41, 5.74) is 4.37. The van der Waals surface area contributed by atoms with Crippen LogP contribution in [0.4, 0.5) is 10.5 Å². The van der Waals surface area contributed by atoms with Crippen LogP contribution < -0.4 is 0 Å². The second-order valence-corrected chi connectivity index (χ2v) is 17.5. The molecule has 1 aliphatic rings. The predicted octanol–water partition coefficient (Wildman–Crippen LogP) is 7.08. The van der Waals surface area contributed by atoms with Crippen LogP contribution in [0.1, 0.15) is 43.0 Å². The number of aliphatic imine (C=N–C) groups is 1. The van der Waals surface area contributed by atoms with Crippen LogP contribution >= 0.6 is 0 Å². The number of piperazine rings is 1. The monoisotopic (exact) mass is 622 g/mol. The van der Waals surface area contributed by atoms with E-state index in [1.165, 1.54) is 11.0 Å². The number of benzene rings is 3. The van der Waals surface area contributed by atoms with Crippen LogP contribution in [-0.4, -0.2) is 68.2 Å². The lowest BCUT2D eigenvalue weighted by molar-refractivity contribution is -0.141. The summed E-state index contributed by atoms with van der Waals surface area (Å²) >= 11 is 0. The Hall–Kier alpha value is -4.52. The van der Waals surface area contributed by atoms with E-state index in [2.05, 4.69) is 46.5 Å². The van der Waals surface area contributed by atoms with Gasteiger partial charge in [0, 0.05) is 24.2 Å². The molecule has 0 aromatic heterocycles. The third-order valence-corrected chi connectivity index (χ3v) is 12.9. The van der Waals surface area contributed by atoms with E-state index >= 15 is 0 Å². The molecule has 0 unspecified atom stereocenters. The summed E-state index contributed by atoms with van der Waals surface area (Å²) in [6.07, 6.45) is 0.949. The van der Waals surface area contributed by atoms with Crippen molar-refractivity contribution in [3.63, 3.8) is 0 Å². The Kier molecular flexibility index (Phi) is 10.8. The summed E-state index contributed by atoms with van der Waals surface area (Å²) in [6, 6.07) is 27.1. The van der Waals surface area contributed by atoms with Crippen molar-refractivity contribution in [2.24, 2.45) is 4.99 Å². The van der Waals surface area contributed by atoms with Gasteiger partial charge in [-0.05, 0) is 35.8 Å². The Morgan fingerprint density at radius 3 is 2.24 bits per heavy atom. The molecule has 0 bridgehead atoms. The average Bonchev–Trinajstić information content (AvgIpc) is 3.03. The van der Waals surface area contributed by atoms with E-state index in [-0.39, 0.29) is 43.2 Å². The minimum atomic E-state index is -2.15. The topological polar surface area (TPSA) is 95.2 Å². The number of nitrogens with zero attached hydrogens (tertiary/aromatic N) is 4. The Morgan fingerprint density at radius 2 is 1.69 bits per heavy atom. The highest BCUT2D eigenvalue weighted by atomic mass is 28.4. The van der Waals surface area contributed by atoms with Gasteiger partial charge in [0.1, 0.15) is 19.2 Å². The quantitative estimate of drug-likeness (QED) is 0.137. The molecule has 3 aromatic carbocycles. The van der Waals surface area contributed by atoms with E-state index in [1.54, 1.807) is 11.0 Å². The first-order valence-corrected chi connectivity index (χ1v) is 18.0. The molecule has 0 aliphatic carbocycles. The Morgan fingerprint density at radius 1 is 1.07 bits per heavy atom. The van der Waals surface area contributed by atoms with Crippen molar-refractivity contribution in [1.29, 1.82) is 5.26 Å². The Balaban J connectivity index is 1.68. The zero-order chi connectivity index (χ0) is 32.6. The van der Waals surface area contributed by atoms with E-state index in [0.29, 0.717) is 17.9 Å². The van der Waals surface area contributed by atoms with Crippen molar-refractivity contribution in [1.82, 2.24) is 9.80 Å².